The maximum Gasteiger partial charge on any atom is 0.134 e. The van der Waals surface area contributed by atoms with Crippen LogP contribution in [0.2, 0.25) is 0 Å². The molecule has 158 valence electrons. The van der Waals surface area contributed by atoms with Gasteiger partial charge in [0, 0.05) is 41.4 Å². The number of methoxy groups -OCH3 is 2. The van der Waals surface area contributed by atoms with E-state index in [0.717, 1.165) is 30.2 Å². The van der Waals surface area contributed by atoms with E-state index in [0.29, 0.717) is 6.04 Å². The summed E-state index contributed by atoms with van der Waals surface area (Å²) in [5, 5.41) is 1.49. The van der Waals surface area contributed by atoms with Crippen molar-refractivity contribution in [2.45, 2.75) is 58.7 Å². The van der Waals surface area contributed by atoms with Crippen LogP contribution in [0.3, 0.4) is 0 Å². The van der Waals surface area contributed by atoms with Crippen LogP contribution in [-0.4, -0.2) is 25.3 Å². The lowest BCUT2D eigenvalue weighted by Crippen LogP contribution is -3.11. The summed E-state index contributed by atoms with van der Waals surface area (Å²) in [6.07, 6.45) is 4.99. The van der Waals surface area contributed by atoms with E-state index >= 15 is 0 Å². The van der Waals surface area contributed by atoms with Gasteiger partial charge in [-0.3, -0.25) is 0 Å². The largest absolute Gasteiger partial charge is 0.496 e. The van der Waals surface area contributed by atoms with Crippen molar-refractivity contribution in [3.63, 3.8) is 0 Å². The minimum atomic E-state index is 0.566. The summed E-state index contributed by atoms with van der Waals surface area (Å²) < 4.78 is 14.0. The van der Waals surface area contributed by atoms with Crippen LogP contribution >= 0.6 is 0 Å². The third-order valence-electron chi connectivity index (χ3n) is 7.27. The molecular weight excluding hydrogens is 372 g/mol. The number of ether oxygens (including phenoxy) is 2. The number of hydrogen-bond donors (Lipinski definition) is 1. The first-order valence-corrected chi connectivity index (χ1v) is 11.3. The van der Waals surface area contributed by atoms with E-state index in [1.165, 1.54) is 54.3 Å². The van der Waals surface area contributed by atoms with E-state index in [1.54, 1.807) is 30.4 Å². The third kappa shape index (κ3) is 3.01. The quantitative estimate of drug-likeness (QED) is 0.706. The molecule has 0 saturated heterocycles. The Kier molecular flexibility index (Phi) is 4.98. The first kappa shape index (κ1) is 19.5. The van der Waals surface area contributed by atoms with Gasteiger partial charge in [-0.15, -0.1) is 0 Å². The van der Waals surface area contributed by atoms with Gasteiger partial charge in [0.05, 0.1) is 26.5 Å². The topological polar surface area (TPSA) is 27.8 Å². The van der Waals surface area contributed by atoms with Crippen molar-refractivity contribution in [3.8, 4) is 11.5 Å². The van der Waals surface area contributed by atoms with Gasteiger partial charge in [-0.1, -0.05) is 11.6 Å². The summed E-state index contributed by atoms with van der Waals surface area (Å²) in [5.41, 5.74) is 8.42. The average Bonchev–Trinajstić information content (AvgIpc) is 2.94. The lowest BCUT2D eigenvalue weighted by Gasteiger charge is -2.31. The zero-order chi connectivity index (χ0) is 20.8. The maximum absolute atomic E-state index is 5.83. The van der Waals surface area contributed by atoms with Crippen LogP contribution in [0.1, 0.15) is 53.3 Å². The van der Waals surface area contributed by atoms with Gasteiger partial charge in [0.1, 0.15) is 24.1 Å². The van der Waals surface area contributed by atoms with Gasteiger partial charge in [0.25, 0.3) is 0 Å². The fraction of sp³-hybridized carbons (Fsp3) is 0.462. The van der Waals surface area contributed by atoms with Gasteiger partial charge in [-0.2, -0.15) is 0 Å². The van der Waals surface area contributed by atoms with Gasteiger partial charge >= 0.3 is 0 Å². The highest BCUT2D eigenvalue weighted by Gasteiger charge is 2.36. The summed E-state index contributed by atoms with van der Waals surface area (Å²) >= 11 is 0. The Labute approximate surface area is 179 Å². The molecule has 1 aliphatic heterocycles. The molecule has 0 saturated carbocycles. The number of nitrogens with one attached hydrogen (secondary N) is 1. The highest BCUT2D eigenvalue weighted by Crippen LogP contribution is 2.38. The standard InChI is InChI=1S/C26H32N2O2/c1-17-9-11-22-21(15-17)20-7-5-8-23-25(20)28(22)14-6-13-27(23)16-19-10-12-24(29-3)18(2)26(19)30-4/h9-12,15,23H,5-8,13-14,16H2,1-4H3/p+1/t23-/m1/s1. The number of benzene rings is 2. The molecule has 3 aromatic rings. The van der Waals surface area contributed by atoms with Crippen molar-refractivity contribution in [1.29, 1.82) is 0 Å². The predicted octanol–water partition coefficient (Wildman–Crippen LogP) is 4.14. The zero-order valence-electron chi connectivity index (χ0n) is 18.7. The smallest absolute Gasteiger partial charge is 0.134 e. The van der Waals surface area contributed by atoms with Crippen LogP contribution < -0.4 is 14.4 Å². The summed E-state index contributed by atoms with van der Waals surface area (Å²) in [5.74, 6) is 1.88. The Hall–Kier alpha value is -2.46. The summed E-state index contributed by atoms with van der Waals surface area (Å²) in [6, 6.07) is 11.9. The van der Waals surface area contributed by atoms with Gasteiger partial charge in [0.2, 0.25) is 0 Å². The molecule has 4 heteroatoms. The molecule has 2 atom stereocenters. The molecule has 2 aliphatic rings. The third-order valence-corrected chi connectivity index (χ3v) is 7.27. The Bertz CT molecular complexity index is 1090. The van der Waals surface area contributed by atoms with Crippen molar-refractivity contribution < 1.29 is 14.4 Å². The molecule has 0 bridgehead atoms. The van der Waals surface area contributed by atoms with Crippen LogP contribution in [0.5, 0.6) is 11.5 Å². The Morgan fingerprint density at radius 1 is 1.07 bits per heavy atom. The number of nitrogens with zero attached hydrogens (tertiary/aromatic N) is 1. The molecule has 1 unspecified atom stereocenters. The summed E-state index contributed by atoms with van der Waals surface area (Å²) in [4.78, 5) is 1.68. The number of fused-ring (bicyclic) bond motifs is 3. The van der Waals surface area contributed by atoms with Gasteiger partial charge in [-0.05, 0) is 56.5 Å². The van der Waals surface area contributed by atoms with Crippen LogP contribution in [0.4, 0.5) is 0 Å². The predicted molar refractivity (Wildman–Crippen MR) is 121 cm³/mol. The monoisotopic (exact) mass is 405 g/mol. The molecule has 2 aromatic carbocycles. The molecule has 4 nitrogen and oxygen atoms in total. The second kappa shape index (κ2) is 7.66. The molecule has 30 heavy (non-hydrogen) atoms. The van der Waals surface area contributed by atoms with Crippen LogP contribution in [0, 0.1) is 13.8 Å². The number of rotatable bonds is 4. The Morgan fingerprint density at radius 3 is 2.73 bits per heavy atom. The fourth-order valence-electron chi connectivity index (χ4n) is 5.95. The molecule has 0 fully saturated rings. The maximum atomic E-state index is 5.83. The molecule has 2 heterocycles. The molecule has 0 spiro atoms. The number of aromatic nitrogens is 1. The number of hydrogen-bond acceptors (Lipinski definition) is 2. The second-order valence-electron chi connectivity index (χ2n) is 9.00. The second-order valence-corrected chi connectivity index (χ2v) is 9.00. The average molecular weight is 406 g/mol. The number of aryl methyl sites for hydroxylation is 3. The minimum Gasteiger partial charge on any atom is -0.496 e. The SMILES string of the molecule is COc1ccc(C[NH+]2CCCn3c4c(c5cc(C)ccc53)CCC[C@H]42)c(OC)c1C. The van der Waals surface area contributed by atoms with Crippen molar-refractivity contribution in [2.75, 3.05) is 20.8 Å². The van der Waals surface area contributed by atoms with Crippen LogP contribution in [-0.2, 0) is 19.5 Å². The number of quaternary nitrogens is 1. The van der Waals surface area contributed by atoms with Crippen LogP contribution in [0.25, 0.3) is 10.9 Å². The van der Waals surface area contributed by atoms with Crippen molar-refractivity contribution in [1.82, 2.24) is 4.57 Å². The molecular formula is C26H33N2O2+. The zero-order valence-corrected chi connectivity index (χ0v) is 18.7. The van der Waals surface area contributed by atoms with Gasteiger partial charge in [0.15, 0.2) is 0 Å². The molecule has 0 radical (unpaired) electrons. The Balaban J connectivity index is 1.57. The fourth-order valence-corrected chi connectivity index (χ4v) is 5.95. The first-order valence-electron chi connectivity index (χ1n) is 11.3. The van der Waals surface area contributed by atoms with Crippen molar-refractivity contribution >= 4 is 10.9 Å². The lowest BCUT2D eigenvalue weighted by molar-refractivity contribution is -0.945. The highest BCUT2D eigenvalue weighted by molar-refractivity contribution is 5.86. The van der Waals surface area contributed by atoms with E-state index < -0.39 is 0 Å². The molecule has 1 N–H and O–H groups in total. The van der Waals surface area contributed by atoms with Gasteiger partial charge < -0.3 is 18.9 Å². The minimum absolute atomic E-state index is 0.566. The van der Waals surface area contributed by atoms with E-state index in [2.05, 4.69) is 48.7 Å². The van der Waals surface area contributed by atoms with Gasteiger partial charge in [-0.25, -0.2) is 0 Å². The summed E-state index contributed by atoms with van der Waals surface area (Å²) in [7, 11) is 3.51. The summed E-state index contributed by atoms with van der Waals surface area (Å²) in [6.45, 7) is 7.64. The normalized spacial score (nSPS) is 20.7. The molecule has 0 amide bonds. The molecule has 5 rings (SSSR count). The van der Waals surface area contributed by atoms with Crippen molar-refractivity contribution in [3.05, 3.63) is 58.3 Å². The van der Waals surface area contributed by atoms with E-state index in [1.807, 2.05) is 0 Å². The van der Waals surface area contributed by atoms with E-state index in [4.69, 9.17) is 9.47 Å². The highest BCUT2D eigenvalue weighted by atomic mass is 16.5. The lowest BCUT2D eigenvalue weighted by atomic mass is 9.90. The molecule has 1 aromatic heterocycles. The van der Waals surface area contributed by atoms with E-state index in [9.17, 15) is 0 Å². The van der Waals surface area contributed by atoms with Crippen LogP contribution in [0.15, 0.2) is 30.3 Å². The Morgan fingerprint density at radius 2 is 1.93 bits per heavy atom. The first-order chi connectivity index (χ1) is 14.6. The van der Waals surface area contributed by atoms with Crippen molar-refractivity contribution in [2.24, 2.45) is 0 Å². The van der Waals surface area contributed by atoms with E-state index in [-0.39, 0.29) is 0 Å². The molecule has 1 aliphatic carbocycles.